The molecule has 0 bridgehead atoms. The average Bonchev–Trinajstić information content (AvgIpc) is 3.36. The highest BCUT2D eigenvalue weighted by Crippen LogP contribution is 2.24. The van der Waals surface area contributed by atoms with Gasteiger partial charge in [0.05, 0.1) is 12.2 Å². The molecule has 1 aliphatic rings. The molecule has 3 rings (SSSR count). The molecule has 2 aromatic rings. The Labute approximate surface area is 149 Å². The number of hydrogen-bond donors (Lipinski definition) is 1. The van der Waals surface area contributed by atoms with Crippen LogP contribution in [0, 0.1) is 24.1 Å². The smallest absolute Gasteiger partial charge is 0.262 e. The van der Waals surface area contributed by atoms with Crippen LogP contribution in [0.2, 0.25) is 5.15 Å². The van der Waals surface area contributed by atoms with Gasteiger partial charge >= 0.3 is 0 Å². The Morgan fingerprint density at radius 2 is 2.16 bits per heavy atom. The lowest BCUT2D eigenvalue weighted by Crippen LogP contribution is -2.26. The number of nitrogens with one attached hydrogen (secondary N) is 1. The van der Waals surface area contributed by atoms with Crippen molar-refractivity contribution in [1.29, 1.82) is 5.26 Å². The fourth-order valence-electron chi connectivity index (χ4n) is 2.38. The van der Waals surface area contributed by atoms with Gasteiger partial charge in [0.25, 0.3) is 5.91 Å². The van der Waals surface area contributed by atoms with Crippen LogP contribution >= 0.6 is 11.6 Å². The van der Waals surface area contributed by atoms with Crippen LogP contribution in [0.3, 0.4) is 0 Å². The molecule has 0 saturated heterocycles. The van der Waals surface area contributed by atoms with E-state index >= 15 is 0 Å². The summed E-state index contributed by atoms with van der Waals surface area (Å²) in [6.07, 6.45) is 3.35. The fourth-order valence-corrected chi connectivity index (χ4v) is 2.67. The highest BCUT2D eigenvalue weighted by molar-refractivity contribution is 6.31. The summed E-state index contributed by atoms with van der Waals surface area (Å²) in [6, 6.07) is 8.14. The minimum absolute atomic E-state index is 0.00164. The van der Waals surface area contributed by atoms with E-state index in [-0.39, 0.29) is 17.4 Å². The normalized spacial score (nSPS) is 14.2. The maximum absolute atomic E-state index is 13.0. The topological polar surface area (TPSA) is 70.7 Å². The predicted molar refractivity (Wildman–Crippen MR) is 92.2 cm³/mol. The first kappa shape index (κ1) is 17.2. The van der Waals surface area contributed by atoms with E-state index < -0.39 is 5.91 Å². The molecular weight excluding hydrogens is 343 g/mol. The Bertz CT molecular complexity index is 876. The van der Waals surface area contributed by atoms with Crippen LogP contribution in [0.1, 0.15) is 29.7 Å². The highest BCUT2D eigenvalue weighted by Gasteiger charge is 2.25. The van der Waals surface area contributed by atoms with Gasteiger partial charge < -0.3 is 5.32 Å². The summed E-state index contributed by atoms with van der Waals surface area (Å²) in [5.74, 6) is -0.706. The molecule has 7 heteroatoms. The van der Waals surface area contributed by atoms with Gasteiger partial charge in [0.15, 0.2) is 0 Å². The molecule has 0 aliphatic heterocycles. The average molecular weight is 359 g/mol. The van der Waals surface area contributed by atoms with Gasteiger partial charge in [-0.15, -0.1) is 0 Å². The van der Waals surface area contributed by atoms with E-state index in [9.17, 15) is 14.4 Å². The molecule has 1 fully saturated rings. The van der Waals surface area contributed by atoms with Gasteiger partial charge in [-0.3, -0.25) is 4.79 Å². The summed E-state index contributed by atoms with van der Waals surface area (Å²) in [6.45, 7) is 2.12. The van der Waals surface area contributed by atoms with Crippen LogP contribution in [0.5, 0.6) is 0 Å². The maximum Gasteiger partial charge on any atom is 0.262 e. The number of nitriles is 1. The molecule has 1 amide bonds. The third-order valence-corrected chi connectivity index (χ3v) is 4.32. The summed E-state index contributed by atoms with van der Waals surface area (Å²) < 4.78 is 14.6. The zero-order valence-electron chi connectivity index (χ0n) is 13.6. The van der Waals surface area contributed by atoms with Crippen LogP contribution < -0.4 is 5.32 Å². The molecule has 0 unspecified atom stereocenters. The number of benzene rings is 1. The van der Waals surface area contributed by atoms with Crippen LogP contribution in [-0.4, -0.2) is 21.7 Å². The molecule has 1 aromatic heterocycles. The van der Waals surface area contributed by atoms with Gasteiger partial charge in [-0.2, -0.15) is 10.4 Å². The number of carbonyl (C=O) groups excluding carboxylic acids is 1. The highest BCUT2D eigenvalue weighted by atomic mass is 35.5. The van der Waals surface area contributed by atoms with Gasteiger partial charge in [0.2, 0.25) is 0 Å². The fraction of sp³-hybridized carbons (Fsp3) is 0.278. The molecule has 0 spiro atoms. The lowest BCUT2D eigenvalue weighted by atomic mass is 10.1. The molecule has 1 aliphatic carbocycles. The lowest BCUT2D eigenvalue weighted by molar-refractivity contribution is -0.117. The van der Waals surface area contributed by atoms with E-state index in [0.717, 1.165) is 18.4 Å². The van der Waals surface area contributed by atoms with Crippen molar-refractivity contribution in [1.82, 2.24) is 15.1 Å². The van der Waals surface area contributed by atoms with Gasteiger partial charge in [0.1, 0.15) is 22.6 Å². The van der Waals surface area contributed by atoms with Crippen molar-refractivity contribution >= 4 is 23.6 Å². The first-order valence-electron chi connectivity index (χ1n) is 7.88. The van der Waals surface area contributed by atoms with Crippen molar-refractivity contribution in [2.75, 3.05) is 0 Å². The first-order chi connectivity index (χ1) is 12.0. The van der Waals surface area contributed by atoms with Crippen LogP contribution in [0.15, 0.2) is 29.8 Å². The standard InChI is InChI=1S/C18H16ClFN4O/c1-11-16(8-13(9-21)18(25)22-15-6-7-15)17(19)24(23-11)10-12-2-4-14(20)5-3-12/h2-5,8,15H,6-7,10H2,1H3,(H,22,25)/b13-8+. The number of rotatable bonds is 5. The van der Waals surface area contributed by atoms with Gasteiger partial charge in [-0.25, -0.2) is 9.07 Å². The molecular formula is C18H16ClFN4O. The zero-order valence-corrected chi connectivity index (χ0v) is 14.3. The molecule has 25 heavy (non-hydrogen) atoms. The van der Waals surface area contributed by atoms with Crippen molar-refractivity contribution in [3.05, 3.63) is 57.6 Å². The Kier molecular flexibility index (Phi) is 4.86. The molecule has 1 saturated carbocycles. The number of aromatic nitrogens is 2. The molecule has 128 valence electrons. The third kappa shape index (κ3) is 4.06. The molecule has 1 aromatic carbocycles. The summed E-state index contributed by atoms with van der Waals surface area (Å²) in [5.41, 5.74) is 1.98. The molecule has 1 N–H and O–H groups in total. The second kappa shape index (κ2) is 7.08. The Morgan fingerprint density at radius 1 is 1.48 bits per heavy atom. The van der Waals surface area contributed by atoms with Crippen molar-refractivity contribution in [2.45, 2.75) is 32.4 Å². The second-order valence-corrected chi connectivity index (χ2v) is 6.35. The summed E-state index contributed by atoms with van der Waals surface area (Å²) in [4.78, 5) is 12.1. The van der Waals surface area contributed by atoms with Gasteiger partial charge in [-0.1, -0.05) is 23.7 Å². The maximum atomic E-state index is 13.0. The van der Waals surface area contributed by atoms with E-state index in [1.54, 1.807) is 23.7 Å². The van der Waals surface area contributed by atoms with E-state index in [0.29, 0.717) is 23.0 Å². The Hall–Kier alpha value is -2.65. The summed E-state index contributed by atoms with van der Waals surface area (Å²) in [7, 11) is 0. The number of hydrogen-bond acceptors (Lipinski definition) is 3. The molecule has 5 nitrogen and oxygen atoms in total. The number of aryl methyl sites for hydroxylation is 1. The number of carbonyl (C=O) groups is 1. The Morgan fingerprint density at radius 3 is 2.76 bits per heavy atom. The summed E-state index contributed by atoms with van der Waals surface area (Å²) >= 11 is 6.38. The van der Waals surface area contributed by atoms with Crippen molar-refractivity contribution in [3.8, 4) is 6.07 Å². The van der Waals surface area contributed by atoms with Crippen LogP contribution in [-0.2, 0) is 11.3 Å². The molecule has 0 atom stereocenters. The van der Waals surface area contributed by atoms with E-state index in [1.165, 1.54) is 18.2 Å². The number of nitrogens with zero attached hydrogens (tertiary/aromatic N) is 3. The van der Waals surface area contributed by atoms with Crippen molar-refractivity contribution in [3.63, 3.8) is 0 Å². The number of halogens is 2. The number of amides is 1. The van der Waals surface area contributed by atoms with Crippen molar-refractivity contribution in [2.24, 2.45) is 0 Å². The van der Waals surface area contributed by atoms with Crippen LogP contribution in [0.25, 0.3) is 6.08 Å². The van der Waals surface area contributed by atoms with E-state index in [2.05, 4.69) is 10.4 Å². The second-order valence-electron chi connectivity index (χ2n) is 5.99. The minimum Gasteiger partial charge on any atom is -0.349 e. The quantitative estimate of drug-likeness (QED) is 0.659. The SMILES string of the molecule is Cc1nn(Cc2ccc(F)cc2)c(Cl)c1/C=C(\C#N)C(=O)NC1CC1. The van der Waals surface area contributed by atoms with Gasteiger partial charge in [-0.05, 0) is 43.5 Å². The predicted octanol–water partition coefficient (Wildman–Crippen LogP) is 3.22. The third-order valence-electron chi connectivity index (χ3n) is 3.92. The summed E-state index contributed by atoms with van der Waals surface area (Å²) in [5, 5.41) is 16.7. The van der Waals surface area contributed by atoms with Crippen LogP contribution in [0.4, 0.5) is 4.39 Å². The first-order valence-corrected chi connectivity index (χ1v) is 8.25. The Balaban J connectivity index is 1.85. The molecule has 0 radical (unpaired) electrons. The monoisotopic (exact) mass is 358 g/mol. The van der Waals surface area contributed by atoms with Gasteiger partial charge in [0, 0.05) is 11.6 Å². The zero-order chi connectivity index (χ0) is 18.0. The molecule has 1 heterocycles. The van der Waals surface area contributed by atoms with E-state index in [4.69, 9.17) is 11.6 Å². The minimum atomic E-state index is -0.397. The van der Waals surface area contributed by atoms with E-state index in [1.807, 2.05) is 6.07 Å². The largest absolute Gasteiger partial charge is 0.349 e. The van der Waals surface area contributed by atoms with Crippen molar-refractivity contribution < 1.29 is 9.18 Å². The lowest BCUT2D eigenvalue weighted by Gasteiger charge is -2.04.